The number of rotatable bonds is 4. The fourth-order valence-electron chi connectivity index (χ4n) is 1.07. The summed E-state index contributed by atoms with van der Waals surface area (Å²) >= 11 is 5.69. The van der Waals surface area contributed by atoms with Gasteiger partial charge in [-0.15, -0.1) is 0 Å². The Hall–Kier alpha value is -1.67. The number of carbonyl (C=O) groups is 1. The van der Waals surface area contributed by atoms with Crippen molar-refractivity contribution in [3.8, 4) is 6.07 Å². The Labute approximate surface area is 112 Å². The number of nitrogens with one attached hydrogen (secondary N) is 1. The topological polar surface area (TPSA) is 86.3 Å². The van der Waals surface area contributed by atoms with Crippen LogP contribution in [0.5, 0.6) is 0 Å². The predicted molar refractivity (Wildman–Crippen MR) is 70.8 cm³/mol. The first-order chi connectivity index (χ1) is 8.21. The molecule has 0 aromatic rings. The summed E-state index contributed by atoms with van der Waals surface area (Å²) in [4.78, 5) is 15.5. The second-order valence-electron chi connectivity index (χ2n) is 4.51. The highest BCUT2D eigenvalue weighted by Gasteiger charge is 2.28. The zero-order chi connectivity index (χ0) is 14.3. The van der Waals surface area contributed by atoms with E-state index in [1.807, 2.05) is 0 Å². The number of nitrogens with zero attached hydrogens (tertiary/aromatic N) is 2. The van der Waals surface area contributed by atoms with Crippen molar-refractivity contribution in [2.24, 2.45) is 10.9 Å². The van der Waals surface area contributed by atoms with E-state index in [1.165, 1.54) is 6.08 Å². The van der Waals surface area contributed by atoms with Gasteiger partial charge < -0.3 is 4.74 Å². The lowest BCUT2D eigenvalue weighted by atomic mass is 10.0. The Morgan fingerprint density at radius 3 is 2.44 bits per heavy atom. The Kier molecular flexibility index (Phi) is 6.28. The Morgan fingerprint density at radius 2 is 2.11 bits per heavy atom. The number of carbonyl (C=O) groups excluding carboxylic acids is 1. The number of hydrogen-bond acceptors (Lipinski definition) is 4. The molecule has 0 spiro atoms. The van der Waals surface area contributed by atoms with E-state index in [1.54, 1.807) is 33.8 Å². The van der Waals surface area contributed by atoms with Crippen molar-refractivity contribution < 1.29 is 9.53 Å². The minimum atomic E-state index is -1.19. The highest BCUT2D eigenvalue weighted by Crippen LogP contribution is 2.14. The monoisotopic (exact) mass is 269 g/mol. The van der Waals surface area contributed by atoms with Crippen molar-refractivity contribution >= 4 is 29.6 Å². The molecule has 0 aliphatic rings. The molecule has 1 atom stereocenters. The molecule has 0 saturated heterocycles. The van der Waals surface area contributed by atoms with E-state index in [0.717, 1.165) is 6.34 Å². The smallest absolute Gasteiger partial charge is 0.330 e. The summed E-state index contributed by atoms with van der Waals surface area (Å²) in [5.74, 6) is -1.90. The predicted octanol–water partition coefficient (Wildman–Crippen LogP) is 2.66. The lowest BCUT2D eigenvalue weighted by Gasteiger charge is -2.21. The van der Waals surface area contributed by atoms with Gasteiger partial charge in [-0.3, -0.25) is 10.2 Å². The van der Waals surface area contributed by atoms with Crippen LogP contribution in [0, 0.1) is 22.7 Å². The zero-order valence-electron chi connectivity index (χ0n) is 10.8. The molecule has 0 radical (unpaired) electrons. The van der Waals surface area contributed by atoms with E-state index < -0.39 is 17.5 Å². The minimum absolute atomic E-state index is 0.0919. The summed E-state index contributed by atoms with van der Waals surface area (Å²) in [6.07, 6.45) is 2.12. The van der Waals surface area contributed by atoms with E-state index in [2.05, 4.69) is 4.99 Å². The van der Waals surface area contributed by atoms with Gasteiger partial charge in [0.2, 0.25) is 0 Å². The van der Waals surface area contributed by atoms with Crippen LogP contribution in [-0.4, -0.2) is 23.6 Å². The third kappa shape index (κ3) is 6.16. The first kappa shape index (κ1) is 16.3. The summed E-state index contributed by atoms with van der Waals surface area (Å²) in [5, 5.41) is 16.3. The standard InChI is InChI=1S/C12H16ClN3O2/c1-8(13)5-10(16-7-15)9(6-14)11(17)18-12(2,3)4/h5,7,9,15H,1-4H3/b8-5+,15-7?,16-10?. The zero-order valence-corrected chi connectivity index (χ0v) is 11.6. The van der Waals surface area contributed by atoms with Crippen LogP contribution >= 0.6 is 11.6 Å². The molecule has 0 aromatic heterocycles. The maximum Gasteiger partial charge on any atom is 0.330 e. The van der Waals surface area contributed by atoms with Gasteiger partial charge in [0.25, 0.3) is 0 Å². The SMILES string of the molecule is C/C(Cl)=C\C(=NC=N)C(C#N)C(=O)OC(C)(C)C. The summed E-state index contributed by atoms with van der Waals surface area (Å²) < 4.78 is 5.11. The van der Waals surface area contributed by atoms with Gasteiger partial charge in [-0.25, -0.2) is 4.99 Å². The highest BCUT2D eigenvalue weighted by atomic mass is 35.5. The Morgan fingerprint density at radius 1 is 1.56 bits per heavy atom. The number of esters is 1. The molecule has 0 amide bonds. The number of aliphatic imine (C=N–C) groups is 1. The van der Waals surface area contributed by atoms with E-state index in [0.29, 0.717) is 5.03 Å². The van der Waals surface area contributed by atoms with Gasteiger partial charge in [-0.05, 0) is 33.8 Å². The first-order valence-electron chi connectivity index (χ1n) is 5.24. The fourth-order valence-corrected chi connectivity index (χ4v) is 1.19. The fraction of sp³-hybridized carbons (Fsp3) is 0.500. The molecule has 0 rings (SSSR count). The number of allylic oxidation sites excluding steroid dienone is 2. The molecule has 1 unspecified atom stereocenters. The molecule has 0 bridgehead atoms. The molecule has 0 heterocycles. The van der Waals surface area contributed by atoms with Gasteiger partial charge in [0.05, 0.1) is 11.8 Å². The van der Waals surface area contributed by atoms with Gasteiger partial charge in [0.15, 0.2) is 5.92 Å². The van der Waals surface area contributed by atoms with Crippen LogP contribution in [0.1, 0.15) is 27.7 Å². The number of ether oxygens (including phenoxy) is 1. The van der Waals surface area contributed by atoms with Crippen LogP contribution < -0.4 is 0 Å². The van der Waals surface area contributed by atoms with Crippen molar-refractivity contribution in [1.29, 1.82) is 10.7 Å². The quantitative estimate of drug-likeness (QED) is 0.483. The largest absolute Gasteiger partial charge is 0.459 e. The second kappa shape index (κ2) is 6.92. The van der Waals surface area contributed by atoms with Crippen molar-refractivity contribution in [2.45, 2.75) is 33.3 Å². The van der Waals surface area contributed by atoms with Crippen molar-refractivity contribution in [3.63, 3.8) is 0 Å². The molecule has 0 aliphatic carbocycles. The van der Waals surface area contributed by atoms with Crippen LogP contribution in [-0.2, 0) is 9.53 Å². The normalized spacial score (nSPS) is 14.7. The average molecular weight is 270 g/mol. The van der Waals surface area contributed by atoms with E-state index in [-0.39, 0.29) is 5.71 Å². The van der Waals surface area contributed by atoms with Crippen LogP contribution in [0.4, 0.5) is 0 Å². The maximum absolute atomic E-state index is 11.8. The molecule has 6 heteroatoms. The molecule has 0 fully saturated rings. The van der Waals surface area contributed by atoms with Gasteiger partial charge >= 0.3 is 5.97 Å². The molecular formula is C12H16ClN3O2. The lowest BCUT2D eigenvalue weighted by Crippen LogP contribution is -2.31. The minimum Gasteiger partial charge on any atom is -0.459 e. The van der Waals surface area contributed by atoms with Gasteiger partial charge in [-0.1, -0.05) is 11.6 Å². The van der Waals surface area contributed by atoms with E-state index in [9.17, 15) is 4.79 Å². The second-order valence-corrected chi connectivity index (χ2v) is 5.11. The molecular weight excluding hydrogens is 254 g/mol. The summed E-state index contributed by atoms with van der Waals surface area (Å²) in [7, 11) is 0. The lowest BCUT2D eigenvalue weighted by molar-refractivity contribution is -0.155. The van der Waals surface area contributed by atoms with E-state index in [4.69, 9.17) is 27.0 Å². The van der Waals surface area contributed by atoms with Crippen molar-refractivity contribution in [3.05, 3.63) is 11.1 Å². The first-order valence-corrected chi connectivity index (χ1v) is 5.62. The Balaban J connectivity index is 5.24. The van der Waals surface area contributed by atoms with Gasteiger partial charge in [0.1, 0.15) is 11.9 Å². The summed E-state index contributed by atoms with van der Waals surface area (Å²) in [6.45, 7) is 6.70. The number of hydrogen-bond donors (Lipinski definition) is 1. The third-order valence-electron chi connectivity index (χ3n) is 1.63. The molecule has 0 aliphatic heterocycles. The molecule has 1 N–H and O–H groups in total. The average Bonchev–Trinajstić information content (AvgIpc) is 2.14. The number of nitriles is 1. The van der Waals surface area contributed by atoms with E-state index >= 15 is 0 Å². The van der Waals surface area contributed by atoms with Gasteiger partial charge in [-0.2, -0.15) is 5.26 Å². The van der Waals surface area contributed by atoms with Crippen LogP contribution in [0.25, 0.3) is 0 Å². The molecule has 0 saturated carbocycles. The third-order valence-corrected chi connectivity index (χ3v) is 1.74. The van der Waals surface area contributed by atoms with Crippen LogP contribution in [0.3, 0.4) is 0 Å². The number of halogens is 1. The molecule has 0 aromatic carbocycles. The van der Waals surface area contributed by atoms with Crippen molar-refractivity contribution in [1.82, 2.24) is 0 Å². The maximum atomic E-state index is 11.8. The van der Waals surface area contributed by atoms with Crippen molar-refractivity contribution in [2.75, 3.05) is 0 Å². The van der Waals surface area contributed by atoms with Gasteiger partial charge in [0, 0.05) is 5.03 Å². The van der Waals surface area contributed by atoms with Crippen LogP contribution in [0.15, 0.2) is 16.1 Å². The summed E-state index contributed by atoms with van der Waals surface area (Å²) in [5.41, 5.74) is -0.601. The Bertz CT molecular complexity index is 424. The molecule has 98 valence electrons. The summed E-state index contributed by atoms with van der Waals surface area (Å²) in [6, 6.07) is 1.80. The van der Waals surface area contributed by atoms with Crippen LogP contribution in [0.2, 0.25) is 0 Å². The molecule has 18 heavy (non-hydrogen) atoms. The highest BCUT2D eigenvalue weighted by molar-refractivity contribution is 6.31. The molecule has 5 nitrogen and oxygen atoms in total.